The Bertz CT molecular complexity index is 247. The van der Waals surface area contributed by atoms with Crippen LogP contribution in [0, 0.1) is 5.92 Å². The topological polar surface area (TPSA) is 55.1 Å². The summed E-state index contributed by atoms with van der Waals surface area (Å²) in [5.41, 5.74) is 6.88. The average Bonchev–Trinajstić information content (AvgIpc) is 2.25. The molecular weight excluding hydrogens is 212 g/mol. The Morgan fingerprint density at radius 3 is 2.41 bits per heavy atom. The number of nitrogens with one attached hydrogen (secondary N) is 1. The summed E-state index contributed by atoms with van der Waals surface area (Å²) in [4.78, 5) is 11.8. The Labute approximate surface area is 106 Å². The summed E-state index contributed by atoms with van der Waals surface area (Å²) in [6.45, 7) is 8.40. The van der Waals surface area contributed by atoms with Crippen molar-refractivity contribution in [3.05, 3.63) is 11.8 Å². The number of carbonyl (C=O) groups is 1. The van der Waals surface area contributed by atoms with Gasteiger partial charge in [0.2, 0.25) is 5.91 Å². The van der Waals surface area contributed by atoms with Crippen molar-refractivity contribution >= 4 is 5.91 Å². The fraction of sp³-hybridized carbons (Fsp3) is 0.786. The van der Waals surface area contributed by atoms with Crippen molar-refractivity contribution in [2.75, 3.05) is 0 Å². The highest BCUT2D eigenvalue weighted by molar-refractivity contribution is 5.83. The first kappa shape index (κ1) is 16.2. The fourth-order valence-electron chi connectivity index (χ4n) is 1.67. The molecule has 0 heterocycles. The largest absolute Gasteiger partial charge is 0.329 e. The Balaban J connectivity index is 4.29. The predicted molar refractivity (Wildman–Crippen MR) is 73.5 cm³/mol. The van der Waals surface area contributed by atoms with Crippen LogP contribution in [0.2, 0.25) is 0 Å². The van der Waals surface area contributed by atoms with Gasteiger partial charge in [-0.05, 0) is 25.2 Å². The maximum Gasteiger partial charge on any atom is 0.241 e. The van der Waals surface area contributed by atoms with Crippen LogP contribution in [0.3, 0.4) is 0 Å². The normalized spacial score (nSPS) is 13.9. The highest BCUT2D eigenvalue weighted by Gasteiger charge is 2.15. The zero-order valence-corrected chi connectivity index (χ0v) is 11.8. The van der Waals surface area contributed by atoms with Gasteiger partial charge >= 0.3 is 0 Å². The standard InChI is InChI=1S/C14H28N2O/c1-5-7-9-12(8-6-2)16-14(17)13(15)10-11(3)4/h9,11,13H,5-8,10,15H2,1-4H3,(H,16,17)/t13-/m0/s1. The van der Waals surface area contributed by atoms with Gasteiger partial charge in [-0.1, -0.05) is 46.6 Å². The van der Waals surface area contributed by atoms with Crippen LogP contribution in [0.5, 0.6) is 0 Å². The summed E-state index contributed by atoms with van der Waals surface area (Å²) in [5, 5.41) is 2.96. The summed E-state index contributed by atoms with van der Waals surface area (Å²) >= 11 is 0. The Morgan fingerprint density at radius 2 is 1.94 bits per heavy atom. The van der Waals surface area contributed by atoms with Crippen LogP contribution >= 0.6 is 0 Å². The van der Waals surface area contributed by atoms with E-state index in [9.17, 15) is 4.79 Å². The first-order valence-corrected chi connectivity index (χ1v) is 6.76. The summed E-state index contributed by atoms with van der Waals surface area (Å²) < 4.78 is 0. The molecule has 0 aromatic rings. The van der Waals surface area contributed by atoms with Crippen molar-refractivity contribution in [3.63, 3.8) is 0 Å². The molecule has 0 aromatic carbocycles. The van der Waals surface area contributed by atoms with Gasteiger partial charge in [0.05, 0.1) is 6.04 Å². The van der Waals surface area contributed by atoms with Gasteiger partial charge < -0.3 is 11.1 Å². The second-order valence-electron chi connectivity index (χ2n) is 4.99. The molecular formula is C14H28N2O. The molecule has 0 spiro atoms. The van der Waals surface area contributed by atoms with Crippen LogP contribution in [0.25, 0.3) is 0 Å². The van der Waals surface area contributed by atoms with Crippen LogP contribution < -0.4 is 11.1 Å². The number of unbranched alkanes of at least 4 members (excludes halogenated alkanes) is 1. The van der Waals surface area contributed by atoms with E-state index in [4.69, 9.17) is 5.73 Å². The lowest BCUT2D eigenvalue weighted by molar-refractivity contribution is -0.122. The third-order valence-electron chi connectivity index (χ3n) is 2.54. The van der Waals surface area contributed by atoms with E-state index in [0.29, 0.717) is 5.92 Å². The van der Waals surface area contributed by atoms with Crippen LogP contribution in [0.4, 0.5) is 0 Å². The maximum absolute atomic E-state index is 11.8. The van der Waals surface area contributed by atoms with E-state index in [-0.39, 0.29) is 5.91 Å². The molecule has 3 heteroatoms. The molecule has 17 heavy (non-hydrogen) atoms. The van der Waals surface area contributed by atoms with Crippen LogP contribution in [-0.2, 0) is 4.79 Å². The number of hydrogen-bond donors (Lipinski definition) is 2. The third-order valence-corrected chi connectivity index (χ3v) is 2.54. The third kappa shape index (κ3) is 7.97. The molecule has 100 valence electrons. The van der Waals surface area contributed by atoms with Gasteiger partial charge in [-0.2, -0.15) is 0 Å². The molecule has 0 saturated carbocycles. The predicted octanol–water partition coefficient (Wildman–Crippen LogP) is 2.96. The van der Waals surface area contributed by atoms with Crippen LogP contribution in [-0.4, -0.2) is 11.9 Å². The molecule has 3 nitrogen and oxygen atoms in total. The highest BCUT2D eigenvalue weighted by atomic mass is 16.2. The number of nitrogens with two attached hydrogens (primary N) is 1. The summed E-state index contributed by atoms with van der Waals surface area (Å²) in [5.74, 6) is 0.402. The van der Waals surface area contributed by atoms with Crippen molar-refractivity contribution in [1.29, 1.82) is 0 Å². The van der Waals surface area contributed by atoms with Gasteiger partial charge in [0.25, 0.3) is 0 Å². The number of amides is 1. The molecule has 0 radical (unpaired) electrons. The molecule has 0 bridgehead atoms. The number of carbonyl (C=O) groups excluding carboxylic acids is 1. The van der Waals surface area contributed by atoms with Gasteiger partial charge in [-0.3, -0.25) is 4.79 Å². The molecule has 1 atom stereocenters. The maximum atomic E-state index is 11.8. The van der Waals surface area contributed by atoms with E-state index < -0.39 is 6.04 Å². The average molecular weight is 240 g/mol. The van der Waals surface area contributed by atoms with Crippen LogP contribution in [0.1, 0.15) is 59.8 Å². The van der Waals surface area contributed by atoms with Crippen molar-refractivity contribution in [2.45, 2.75) is 65.8 Å². The number of rotatable bonds is 8. The Hall–Kier alpha value is -0.830. The zero-order valence-electron chi connectivity index (χ0n) is 11.8. The van der Waals surface area contributed by atoms with Gasteiger partial charge in [-0.15, -0.1) is 0 Å². The van der Waals surface area contributed by atoms with E-state index in [1.54, 1.807) is 0 Å². The minimum absolute atomic E-state index is 0.0468. The lowest BCUT2D eigenvalue weighted by Gasteiger charge is -2.16. The second kappa shape index (κ2) is 9.23. The zero-order chi connectivity index (χ0) is 13.3. The molecule has 0 fully saturated rings. The lowest BCUT2D eigenvalue weighted by atomic mass is 10.0. The van der Waals surface area contributed by atoms with Crippen molar-refractivity contribution < 1.29 is 4.79 Å². The summed E-state index contributed by atoms with van der Waals surface area (Å²) in [6.07, 6.45) is 6.91. The van der Waals surface area contributed by atoms with Crippen LogP contribution in [0.15, 0.2) is 11.8 Å². The summed E-state index contributed by atoms with van der Waals surface area (Å²) in [7, 11) is 0. The Kier molecular flexibility index (Phi) is 8.78. The van der Waals surface area contributed by atoms with E-state index >= 15 is 0 Å². The molecule has 1 amide bonds. The highest BCUT2D eigenvalue weighted by Crippen LogP contribution is 2.07. The molecule has 0 aliphatic rings. The smallest absolute Gasteiger partial charge is 0.241 e. The van der Waals surface area contributed by atoms with Crippen molar-refractivity contribution in [3.8, 4) is 0 Å². The molecule has 0 aliphatic heterocycles. The van der Waals surface area contributed by atoms with Crippen molar-refractivity contribution in [2.24, 2.45) is 11.7 Å². The van der Waals surface area contributed by atoms with E-state index in [1.807, 2.05) is 0 Å². The minimum Gasteiger partial charge on any atom is -0.329 e. The van der Waals surface area contributed by atoms with E-state index in [1.165, 1.54) is 0 Å². The molecule has 0 rings (SSSR count). The van der Waals surface area contributed by atoms with Gasteiger partial charge in [-0.25, -0.2) is 0 Å². The minimum atomic E-state index is -0.392. The quantitative estimate of drug-likeness (QED) is 0.685. The Morgan fingerprint density at radius 1 is 1.29 bits per heavy atom. The first-order valence-electron chi connectivity index (χ1n) is 6.76. The molecule has 0 saturated heterocycles. The van der Waals surface area contributed by atoms with Gasteiger partial charge in [0.15, 0.2) is 0 Å². The number of hydrogen-bond acceptors (Lipinski definition) is 2. The van der Waals surface area contributed by atoms with Gasteiger partial charge in [0.1, 0.15) is 0 Å². The lowest BCUT2D eigenvalue weighted by Crippen LogP contribution is -2.40. The SMILES string of the molecule is CCCC=C(CCC)NC(=O)[C@@H](N)CC(C)C. The molecule has 0 unspecified atom stereocenters. The monoisotopic (exact) mass is 240 g/mol. The molecule has 0 aromatic heterocycles. The second-order valence-corrected chi connectivity index (χ2v) is 4.99. The molecule has 3 N–H and O–H groups in total. The van der Waals surface area contributed by atoms with E-state index in [2.05, 4.69) is 39.1 Å². The fourth-order valence-corrected chi connectivity index (χ4v) is 1.67. The first-order chi connectivity index (χ1) is 8.01. The van der Waals surface area contributed by atoms with Gasteiger partial charge in [0, 0.05) is 5.70 Å². The summed E-state index contributed by atoms with van der Waals surface area (Å²) in [6, 6.07) is -0.392. The number of allylic oxidation sites excluding steroid dienone is 2. The van der Waals surface area contributed by atoms with E-state index in [0.717, 1.165) is 37.8 Å². The van der Waals surface area contributed by atoms with Crippen molar-refractivity contribution in [1.82, 2.24) is 5.32 Å². The molecule has 0 aliphatic carbocycles.